The maximum absolute atomic E-state index is 12.2. The summed E-state index contributed by atoms with van der Waals surface area (Å²) in [6, 6.07) is 12.4. The van der Waals surface area contributed by atoms with Crippen molar-refractivity contribution in [2.45, 2.75) is 13.8 Å². The van der Waals surface area contributed by atoms with Crippen molar-refractivity contribution in [3.63, 3.8) is 0 Å². The lowest BCUT2D eigenvalue weighted by atomic mass is 10.1. The molecule has 23 heavy (non-hydrogen) atoms. The highest BCUT2D eigenvalue weighted by molar-refractivity contribution is 14.1. The molecule has 2 aromatic rings. The van der Waals surface area contributed by atoms with Crippen LogP contribution in [0.4, 0.5) is 5.69 Å². The number of amides is 1. The molecule has 0 aliphatic rings. The SMILES string of the molecule is Cc1ccc(NC(=O)C(C#N)=Cc2ccc(O)c(I)c2)cc1C. The summed E-state index contributed by atoms with van der Waals surface area (Å²) in [7, 11) is 0. The third-order valence-electron chi connectivity index (χ3n) is 3.41. The topological polar surface area (TPSA) is 73.1 Å². The molecule has 2 aromatic carbocycles. The Morgan fingerprint density at radius 3 is 2.57 bits per heavy atom. The number of halogens is 1. The first-order valence-electron chi connectivity index (χ1n) is 6.89. The van der Waals surface area contributed by atoms with Gasteiger partial charge in [-0.15, -0.1) is 0 Å². The monoisotopic (exact) mass is 418 g/mol. The molecule has 0 spiro atoms. The number of aryl methyl sites for hydroxylation is 2. The van der Waals surface area contributed by atoms with Gasteiger partial charge in [-0.2, -0.15) is 5.26 Å². The Morgan fingerprint density at radius 2 is 1.96 bits per heavy atom. The number of nitrogens with one attached hydrogen (secondary N) is 1. The summed E-state index contributed by atoms with van der Waals surface area (Å²) in [5, 5.41) is 21.5. The van der Waals surface area contributed by atoms with Crippen LogP contribution in [0.1, 0.15) is 16.7 Å². The van der Waals surface area contributed by atoms with Gasteiger partial charge in [-0.25, -0.2) is 0 Å². The van der Waals surface area contributed by atoms with E-state index in [1.165, 1.54) is 12.1 Å². The van der Waals surface area contributed by atoms with Gasteiger partial charge in [0.2, 0.25) is 0 Å². The Hall–Kier alpha value is -2.33. The first-order chi connectivity index (χ1) is 10.9. The van der Waals surface area contributed by atoms with Crippen molar-refractivity contribution >= 4 is 40.3 Å². The first kappa shape index (κ1) is 17.0. The van der Waals surface area contributed by atoms with Gasteiger partial charge in [0, 0.05) is 5.69 Å². The van der Waals surface area contributed by atoms with Gasteiger partial charge < -0.3 is 10.4 Å². The third kappa shape index (κ3) is 4.33. The van der Waals surface area contributed by atoms with Crippen molar-refractivity contribution in [3.8, 4) is 11.8 Å². The molecule has 116 valence electrons. The van der Waals surface area contributed by atoms with Gasteiger partial charge in [0.15, 0.2) is 0 Å². The van der Waals surface area contributed by atoms with E-state index in [2.05, 4.69) is 5.32 Å². The van der Waals surface area contributed by atoms with Crippen LogP contribution in [0.2, 0.25) is 0 Å². The van der Waals surface area contributed by atoms with E-state index >= 15 is 0 Å². The van der Waals surface area contributed by atoms with Crippen molar-refractivity contribution in [3.05, 3.63) is 62.2 Å². The molecule has 0 aromatic heterocycles. The summed E-state index contributed by atoms with van der Waals surface area (Å²) in [6.07, 6.45) is 1.50. The van der Waals surface area contributed by atoms with Crippen LogP contribution in [0.3, 0.4) is 0 Å². The zero-order chi connectivity index (χ0) is 17.0. The average Bonchev–Trinajstić information content (AvgIpc) is 2.52. The van der Waals surface area contributed by atoms with Gasteiger partial charge in [-0.3, -0.25) is 4.79 Å². The highest BCUT2D eigenvalue weighted by Gasteiger charge is 2.10. The van der Waals surface area contributed by atoms with E-state index < -0.39 is 5.91 Å². The van der Waals surface area contributed by atoms with Crippen LogP contribution in [-0.4, -0.2) is 11.0 Å². The second-order valence-corrected chi connectivity index (χ2v) is 6.30. The van der Waals surface area contributed by atoms with Gasteiger partial charge in [0.25, 0.3) is 5.91 Å². The highest BCUT2D eigenvalue weighted by atomic mass is 127. The van der Waals surface area contributed by atoms with E-state index in [1.54, 1.807) is 18.2 Å². The Labute approximate surface area is 148 Å². The van der Waals surface area contributed by atoms with Gasteiger partial charge in [-0.1, -0.05) is 12.1 Å². The van der Waals surface area contributed by atoms with E-state index in [-0.39, 0.29) is 11.3 Å². The molecule has 0 bridgehead atoms. The molecule has 0 aliphatic heterocycles. The van der Waals surface area contributed by atoms with E-state index in [1.807, 2.05) is 54.6 Å². The van der Waals surface area contributed by atoms with Gasteiger partial charge in [0.1, 0.15) is 17.4 Å². The number of hydrogen-bond acceptors (Lipinski definition) is 3. The molecule has 0 aliphatic carbocycles. The van der Waals surface area contributed by atoms with E-state index in [0.29, 0.717) is 14.8 Å². The van der Waals surface area contributed by atoms with Gasteiger partial charge in [0.05, 0.1) is 3.57 Å². The molecule has 0 atom stereocenters. The fraction of sp³-hybridized carbons (Fsp3) is 0.111. The molecule has 0 unspecified atom stereocenters. The van der Waals surface area contributed by atoms with Crippen LogP contribution in [0.25, 0.3) is 6.08 Å². The van der Waals surface area contributed by atoms with Crippen LogP contribution in [0, 0.1) is 28.7 Å². The minimum absolute atomic E-state index is 0.00437. The van der Waals surface area contributed by atoms with E-state index in [0.717, 1.165) is 11.1 Å². The molecule has 0 heterocycles. The molecule has 1 amide bonds. The Morgan fingerprint density at radius 1 is 1.22 bits per heavy atom. The van der Waals surface area contributed by atoms with Gasteiger partial charge in [-0.05, 0) is 83.5 Å². The first-order valence-corrected chi connectivity index (χ1v) is 7.97. The standard InChI is InChI=1S/C18H15IN2O2/c1-11-3-5-15(7-12(11)2)21-18(23)14(10-20)8-13-4-6-17(22)16(19)9-13/h3-9,22H,1-2H3,(H,21,23). The van der Waals surface area contributed by atoms with Crippen molar-refractivity contribution in [2.24, 2.45) is 0 Å². The molecule has 0 fully saturated rings. The summed E-state index contributed by atoms with van der Waals surface area (Å²) in [6.45, 7) is 3.96. The summed E-state index contributed by atoms with van der Waals surface area (Å²) in [5.74, 6) is -0.292. The maximum Gasteiger partial charge on any atom is 0.266 e. The lowest BCUT2D eigenvalue weighted by molar-refractivity contribution is -0.112. The van der Waals surface area contributed by atoms with E-state index in [4.69, 9.17) is 0 Å². The van der Waals surface area contributed by atoms with Crippen LogP contribution < -0.4 is 5.32 Å². The minimum atomic E-state index is -0.459. The number of rotatable bonds is 3. The normalized spacial score (nSPS) is 11.0. The van der Waals surface area contributed by atoms with E-state index in [9.17, 15) is 15.2 Å². The molecule has 0 saturated heterocycles. The Kier molecular flexibility index (Phi) is 5.40. The summed E-state index contributed by atoms with van der Waals surface area (Å²) >= 11 is 1.99. The Bertz CT molecular complexity index is 835. The quantitative estimate of drug-likeness (QED) is 0.447. The molecule has 4 nitrogen and oxygen atoms in total. The van der Waals surface area contributed by atoms with Crippen LogP contribution in [0.15, 0.2) is 42.0 Å². The zero-order valence-electron chi connectivity index (χ0n) is 12.7. The average molecular weight is 418 g/mol. The van der Waals surface area contributed by atoms with Crippen LogP contribution in [0.5, 0.6) is 5.75 Å². The van der Waals surface area contributed by atoms with Crippen molar-refractivity contribution in [1.82, 2.24) is 0 Å². The fourth-order valence-electron chi connectivity index (χ4n) is 1.95. The molecule has 2 N–H and O–H groups in total. The second kappa shape index (κ2) is 7.29. The largest absolute Gasteiger partial charge is 0.507 e. The summed E-state index contributed by atoms with van der Waals surface area (Å²) in [4.78, 5) is 12.2. The number of nitrogens with zero attached hydrogens (tertiary/aromatic N) is 1. The summed E-state index contributed by atoms with van der Waals surface area (Å²) < 4.78 is 0.656. The van der Waals surface area contributed by atoms with Crippen molar-refractivity contribution in [1.29, 1.82) is 5.26 Å². The number of carbonyl (C=O) groups excluding carboxylic acids is 1. The molecular weight excluding hydrogens is 403 g/mol. The second-order valence-electron chi connectivity index (χ2n) is 5.13. The number of anilines is 1. The smallest absolute Gasteiger partial charge is 0.266 e. The fourth-order valence-corrected chi connectivity index (χ4v) is 2.49. The minimum Gasteiger partial charge on any atom is -0.507 e. The lowest BCUT2D eigenvalue weighted by Gasteiger charge is -2.07. The highest BCUT2D eigenvalue weighted by Crippen LogP contribution is 2.22. The van der Waals surface area contributed by atoms with Crippen LogP contribution in [-0.2, 0) is 4.79 Å². The molecule has 0 saturated carbocycles. The van der Waals surface area contributed by atoms with Gasteiger partial charge >= 0.3 is 0 Å². The number of benzene rings is 2. The number of aromatic hydroxyl groups is 1. The number of phenols is 1. The maximum atomic E-state index is 12.2. The number of phenolic OH excluding ortho intramolecular Hbond substituents is 1. The number of hydrogen-bond donors (Lipinski definition) is 2. The molecule has 0 radical (unpaired) electrons. The Balaban J connectivity index is 2.24. The summed E-state index contributed by atoms with van der Waals surface area (Å²) in [5.41, 5.74) is 3.54. The third-order valence-corrected chi connectivity index (χ3v) is 4.28. The lowest BCUT2D eigenvalue weighted by Crippen LogP contribution is -2.13. The molecule has 5 heteroatoms. The molecular formula is C18H15IN2O2. The predicted octanol–water partition coefficient (Wildman–Crippen LogP) is 4.16. The molecule has 2 rings (SSSR count). The van der Waals surface area contributed by atoms with Crippen molar-refractivity contribution in [2.75, 3.05) is 5.32 Å². The number of nitriles is 1. The van der Waals surface area contributed by atoms with Crippen molar-refractivity contribution < 1.29 is 9.90 Å². The number of carbonyl (C=O) groups is 1. The predicted molar refractivity (Wildman–Crippen MR) is 99.0 cm³/mol. The zero-order valence-corrected chi connectivity index (χ0v) is 14.9. The van der Waals surface area contributed by atoms with Crippen LogP contribution >= 0.6 is 22.6 Å².